The van der Waals surface area contributed by atoms with Gasteiger partial charge in [-0.2, -0.15) is 4.31 Å². The lowest BCUT2D eigenvalue weighted by molar-refractivity contribution is 0.464. The Morgan fingerprint density at radius 1 is 1.47 bits per heavy atom. The first kappa shape index (κ1) is 14.2. The molecule has 0 saturated heterocycles. The van der Waals surface area contributed by atoms with Crippen molar-refractivity contribution in [2.75, 3.05) is 13.1 Å². The molecule has 0 atom stereocenters. The predicted molar refractivity (Wildman–Crippen MR) is 72.1 cm³/mol. The quantitative estimate of drug-likeness (QED) is 0.800. The Morgan fingerprint density at radius 3 is 2.59 bits per heavy atom. The average molecular weight is 316 g/mol. The summed E-state index contributed by atoms with van der Waals surface area (Å²) in [6, 6.07) is 4.94. The van der Waals surface area contributed by atoms with E-state index in [9.17, 15) is 8.42 Å². The van der Waals surface area contributed by atoms with Gasteiger partial charge in [-0.3, -0.25) is 0 Å². The van der Waals surface area contributed by atoms with Gasteiger partial charge in [-0.1, -0.05) is 28.8 Å². The molecular formula is C12H14BrNO2S. The molecule has 17 heavy (non-hydrogen) atoms. The third-order valence-electron chi connectivity index (χ3n) is 2.39. The summed E-state index contributed by atoms with van der Waals surface area (Å²) < 4.78 is 26.6. The van der Waals surface area contributed by atoms with Crippen LogP contribution in [0, 0.1) is 19.3 Å². The van der Waals surface area contributed by atoms with Crippen LogP contribution in [-0.4, -0.2) is 25.8 Å². The highest BCUT2D eigenvalue weighted by Crippen LogP contribution is 2.22. The van der Waals surface area contributed by atoms with Crippen molar-refractivity contribution in [3.05, 3.63) is 28.2 Å². The molecule has 0 heterocycles. The maximum absolute atomic E-state index is 12.2. The number of rotatable bonds is 4. The molecule has 0 N–H and O–H groups in total. The highest BCUT2D eigenvalue weighted by atomic mass is 79.9. The number of benzene rings is 1. The van der Waals surface area contributed by atoms with Crippen molar-refractivity contribution in [2.24, 2.45) is 0 Å². The number of aryl methyl sites for hydroxylation is 1. The summed E-state index contributed by atoms with van der Waals surface area (Å²) in [6.07, 6.45) is 5.17. The molecule has 0 radical (unpaired) electrons. The molecule has 92 valence electrons. The van der Waals surface area contributed by atoms with Gasteiger partial charge in [0.25, 0.3) is 0 Å². The van der Waals surface area contributed by atoms with E-state index in [-0.39, 0.29) is 11.4 Å². The van der Waals surface area contributed by atoms with Gasteiger partial charge in [0.1, 0.15) is 0 Å². The summed E-state index contributed by atoms with van der Waals surface area (Å²) in [5, 5.41) is 0. The molecule has 3 nitrogen and oxygen atoms in total. The minimum Gasteiger partial charge on any atom is -0.207 e. The van der Waals surface area contributed by atoms with Crippen molar-refractivity contribution in [1.82, 2.24) is 4.31 Å². The van der Waals surface area contributed by atoms with Gasteiger partial charge >= 0.3 is 0 Å². The molecule has 0 aliphatic carbocycles. The van der Waals surface area contributed by atoms with E-state index in [0.717, 1.165) is 10.0 Å². The second-order valence-electron chi connectivity index (χ2n) is 3.55. The molecule has 1 rings (SSSR count). The zero-order valence-electron chi connectivity index (χ0n) is 9.77. The normalized spacial score (nSPS) is 11.5. The van der Waals surface area contributed by atoms with Gasteiger partial charge in [-0.05, 0) is 30.7 Å². The second-order valence-corrected chi connectivity index (χ2v) is 6.34. The number of terminal acetylenes is 1. The average Bonchev–Trinajstić information content (AvgIpc) is 2.29. The van der Waals surface area contributed by atoms with Crippen LogP contribution in [0.1, 0.15) is 12.5 Å². The summed E-state index contributed by atoms with van der Waals surface area (Å²) in [7, 11) is -3.48. The molecule has 0 spiro atoms. The maximum atomic E-state index is 12.2. The van der Waals surface area contributed by atoms with Crippen LogP contribution in [0.3, 0.4) is 0 Å². The number of sulfonamides is 1. The summed E-state index contributed by atoms with van der Waals surface area (Å²) >= 11 is 3.34. The van der Waals surface area contributed by atoms with E-state index in [1.54, 1.807) is 25.1 Å². The first-order valence-electron chi connectivity index (χ1n) is 5.13. The molecule has 0 fully saturated rings. The number of hydrogen-bond acceptors (Lipinski definition) is 2. The Balaban J connectivity index is 3.21. The van der Waals surface area contributed by atoms with Crippen LogP contribution in [0.2, 0.25) is 0 Å². The van der Waals surface area contributed by atoms with Crippen LogP contribution < -0.4 is 0 Å². The van der Waals surface area contributed by atoms with Crippen LogP contribution >= 0.6 is 15.9 Å². The van der Waals surface area contributed by atoms with E-state index in [1.165, 1.54) is 4.31 Å². The molecule has 0 aliphatic rings. The topological polar surface area (TPSA) is 37.4 Å². The van der Waals surface area contributed by atoms with E-state index in [4.69, 9.17) is 6.42 Å². The molecule has 0 saturated carbocycles. The van der Waals surface area contributed by atoms with Gasteiger partial charge < -0.3 is 0 Å². The zero-order chi connectivity index (χ0) is 13.1. The highest BCUT2D eigenvalue weighted by molar-refractivity contribution is 9.10. The molecule has 0 aromatic heterocycles. The molecule has 0 bridgehead atoms. The Hall–Kier alpha value is -0.830. The van der Waals surface area contributed by atoms with Crippen molar-refractivity contribution in [3.8, 4) is 12.3 Å². The van der Waals surface area contributed by atoms with E-state index < -0.39 is 10.0 Å². The number of nitrogens with zero attached hydrogens (tertiary/aromatic N) is 1. The molecule has 0 aliphatic heterocycles. The van der Waals surface area contributed by atoms with Crippen LogP contribution in [0.5, 0.6) is 0 Å². The number of halogens is 1. The lowest BCUT2D eigenvalue weighted by Gasteiger charge is -2.18. The zero-order valence-corrected chi connectivity index (χ0v) is 12.2. The molecule has 5 heteroatoms. The monoisotopic (exact) mass is 315 g/mol. The van der Waals surface area contributed by atoms with Crippen molar-refractivity contribution in [1.29, 1.82) is 0 Å². The van der Waals surface area contributed by atoms with Crippen LogP contribution in [0.15, 0.2) is 27.6 Å². The first-order chi connectivity index (χ1) is 7.93. The molecule has 0 amide bonds. The van der Waals surface area contributed by atoms with E-state index in [2.05, 4.69) is 21.9 Å². The molecule has 0 unspecified atom stereocenters. The van der Waals surface area contributed by atoms with Crippen molar-refractivity contribution in [2.45, 2.75) is 18.7 Å². The third kappa shape index (κ3) is 3.09. The molecular weight excluding hydrogens is 302 g/mol. The van der Waals surface area contributed by atoms with Crippen molar-refractivity contribution >= 4 is 26.0 Å². The smallest absolute Gasteiger partial charge is 0.207 e. The summed E-state index contributed by atoms with van der Waals surface area (Å²) in [5.41, 5.74) is 0.878. The van der Waals surface area contributed by atoms with Gasteiger partial charge in [-0.15, -0.1) is 6.42 Å². The fourth-order valence-corrected chi connectivity index (χ4v) is 3.09. The minimum absolute atomic E-state index is 0.0912. The Kier molecular flexibility index (Phi) is 4.75. The van der Waals surface area contributed by atoms with Gasteiger partial charge in [0.05, 0.1) is 11.4 Å². The largest absolute Gasteiger partial charge is 0.243 e. The molecule has 1 aromatic rings. The van der Waals surface area contributed by atoms with Crippen molar-refractivity contribution in [3.63, 3.8) is 0 Å². The second kappa shape index (κ2) is 5.67. The van der Waals surface area contributed by atoms with Crippen LogP contribution in [-0.2, 0) is 10.0 Å². The summed E-state index contributed by atoms with van der Waals surface area (Å²) in [6.45, 7) is 4.07. The Bertz CT molecular complexity index is 546. The minimum atomic E-state index is -3.48. The van der Waals surface area contributed by atoms with E-state index in [1.807, 2.05) is 6.92 Å². The number of hydrogen-bond donors (Lipinski definition) is 0. The van der Waals surface area contributed by atoms with E-state index in [0.29, 0.717) is 6.54 Å². The van der Waals surface area contributed by atoms with Gasteiger partial charge in [0, 0.05) is 11.0 Å². The van der Waals surface area contributed by atoms with Crippen LogP contribution in [0.25, 0.3) is 0 Å². The fraction of sp³-hybridized carbons (Fsp3) is 0.333. The van der Waals surface area contributed by atoms with Gasteiger partial charge in [0.2, 0.25) is 10.0 Å². The lowest BCUT2D eigenvalue weighted by Crippen LogP contribution is -2.31. The van der Waals surface area contributed by atoms with Gasteiger partial charge in [0.15, 0.2) is 0 Å². The Labute approximate surface area is 111 Å². The lowest BCUT2D eigenvalue weighted by atomic mass is 10.2. The van der Waals surface area contributed by atoms with Gasteiger partial charge in [-0.25, -0.2) is 8.42 Å². The van der Waals surface area contributed by atoms with Crippen molar-refractivity contribution < 1.29 is 8.42 Å². The fourth-order valence-electron chi connectivity index (χ4n) is 1.40. The van der Waals surface area contributed by atoms with Crippen LogP contribution in [0.4, 0.5) is 0 Å². The maximum Gasteiger partial charge on any atom is 0.243 e. The molecule has 1 aromatic carbocycles. The summed E-state index contributed by atoms with van der Waals surface area (Å²) in [4.78, 5) is 0.273. The summed E-state index contributed by atoms with van der Waals surface area (Å²) in [5.74, 6) is 2.36. The standard InChI is InChI=1S/C12H14BrNO2S/c1-4-8-14(5-2)17(15,16)11-6-7-12(13)10(3)9-11/h1,6-7,9H,5,8H2,2-3H3. The van der Waals surface area contributed by atoms with E-state index >= 15 is 0 Å². The SMILES string of the molecule is C#CCN(CC)S(=O)(=O)c1ccc(Br)c(C)c1. The predicted octanol–water partition coefficient (Wildman–Crippen LogP) is 2.40. The Morgan fingerprint density at radius 2 is 2.12 bits per heavy atom. The highest BCUT2D eigenvalue weighted by Gasteiger charge is 2.22. The first-order valence-corrected chi connectivity index (χ1v) is 7.36. The third-order valence-corrected chi connectivity index (χ3v) is 5.19.